The lowest BCUT2D eigenvalue weighted by molar-refractivity contribution is 0.531. The number of benzene rings is 2. The minimum absolute atomic E-state index is 0.206. The molecule has 2 heterocycles. The molecule has 5 nitrogen and oxygen atoms in total. The van der Waals surface area contributed by atoms with Gasteiger partial charge in [0, 0.05) is 20.2 Å². The van der Waals surface area contributed by atoms with Crippen LogP contribution in [0, 0.1) is 0 Å². The van der Waals surface area contributed by atoms with E-state index >= 15 is 0 Å². The van der Waals surface area contributed by atoms with E-state index in [1.807, 2.05) is 48.5 Å². The summed E-state index contributed by atoms with van der Waals surface area (Å²) in [5.74, 6) is 1.63. The molecule has 2 aromatic heterocycles. The van der Waals surface area contributed by atoms with Crippen molar-refractivity contribution >= 4 is 48.6 Å². The van der Waals surface area contributed by atoms with Gasteiger partial charge in [0.2, 0.25) is 0 Å². The van der Waals surface area contributed by atoms with Gasteiger partial charge < -0.3 is 19.7 Å². The highest BCUT2D eigenvalue weighted by atomic mass is 79.9. The third kappa shape index (κ3) is 3.43. The van der Waals surface area contributed by atoms with E-state index in [4.69, 9.17) is 4.42 Å². The third-order valence-corrected chi connectivity index (χ3v) is 4.99. The number of hydrogen-bond acceptors (Lipinski definition) is 3. The van der Waals surface area contributed by atoms with Crippen LogP contribution in [0.3, 0.4) is 0 Å². The molecule has 7 heteroatoms. The van der Waals surface area contributed by atoms with Crippen LogP contribution in [0.25, 0.3) is 22.4 Å². The van der Waals surface area contributed by atoms with Gasteiger partial charge in [-0.2, -0.15) is 0 Å². The molecule has 0 unspecified atom stereocenters. The van der Waals surface area contributed by atoms with Gasteiger partial charge in [0.05, 0.1) is 17.6 Å². The molecule has 25 heavy (non-hydrogen) atoms. The van der Waals surface area contributed by atoms with E-state index in [0.717, 1.165) is 42.8 Å². The quantitative estimate of drug-likeness (QED) is 0.387. The van der Waals surface area contributed by atoms with Crippen molar-refractivity contribution in [3.63, 3.8) is 0 Å². The topological polar surface area (TPSA) is 73.8 Å². The number of imidazole rings is 1. The fourth-order valence-electron chi connectivity index (χ4n) is 2.64. The molecular formula is C18H13Br2N3O2. The first-order valence-corrected chi connectivity index (χ1v) is 9.17. The lowest BCUT2D eigenvalue weighted by Crippen LogP contribution is -1.99. The van der Waals surface area contributed by atoms with E-state index in [-0.39, 0.29) is 5.69 Å². The van der Waals surface area contributed by atoms with Crippen molar-refractivity contribution in [1.82, 2.24) is 9.97 Å². The first kappa shape index (κ1) is 16.2. The average Bonchev–Trinajstić information content (AvgIpc) is 3.18. The number of aromatic nitrogens is 2. The van der Waals surface area contributed by atoms with Crippen molar-refractivity contribution in [1.29, 1.82) is 0 Å². The van der Waals surface area contributed by atoms with Crippen LogP contribution in [0.5, 0.6) is 0 Å². The van der Waals surface area contributed by atoms with Gasteiger partial charge in [-0.3, -0.25) is 0 Å². The Labute approximate surface area is 159 Å². The molecule has 0 radical (unpaired) electrons. The van der Waals surface area contributed by atoms with Crippen molar-refractivity contribution in [3.8, 4) is 11.3 Å². The Morgan fingerprint density at radius 3 is 2.64 bits per heavy atom. The fourth-order valence-corrected chi connectivity index (χ4v) is 3.88. The number of furan rings is 1. The summed E-state index contributed by atoms with van der Waals surface area (Å²) in [6.07, 6.45) is 0. The number of aromatic amines is 2. The molecule has 0 aliphatic carbocycles. The van der Waals surface area contributed by atoms with Crippen LogP contribution in [-0.2, 0) is 6.54 Å². The number of hydrogen-bond donors (Lipinski definition) is 3. The highest BCUT2D eigenvalue weighted by Crippen LogP contribution is 2.32. The van der Waals surface area contributed by atoms with Crippen LogP contribution in [-0.4, -0.2) is 9.97 Å². The third-order valence-electron chi connectivity index (χ3n) is 3.84. The van der Waals surface area contributed by atoms with Gasteiger partial charge in [0.25, 0.3) is 0 Å². The second-order valence-electron chi connectivity index (χ2n) is 5.58. The molecule has 0 amide bonds. The monoisotopic (exact) mass is 461 g/mol. The summed E-state index contributed by atoms with van der Waals surface area (Å²) in [4.78, 5) is 16.8. The standard InChI is InChI=1S/C18H13Br2N3O2/c19-10-1-4-13(14(20)7-10)17-6-3-12(25-17)9-21-11-2-5-15-16(8-11)23-18(24)22-15/h1-8,21H,9H2,(H2,22,23,24). The second-order valence-corrected chi connectivity index (χ2v) is 7.35. The number of anilines is 1. The van der Waals surface area contributed by atoms with Crippen molar-refractivity contribution in [3.05, 3.63) is 73.7 Å². The van der Waals surface area contributed by atoms with Crippen LogP contribution >= 0.6 is 31.9 Å². The SMILES string of the molecule is O=c1[nH]c2ccc(NCc3ccc(-c4ccc(Br)cc4Br)o3)cc2[nH]1. The number of H-pyrrole nitrogens is 2. The molecule has 4 rings (SSSR count). The minimum Gasteiger partial charge on any atom is -0.459 e. The summed E-state index contributed by atoms with van der Waals surface area (Å²) in [7, 11) is 0. The van der Waals surface area contributed by atoms with Gasteiger partial charge in [-0.25, -0.2) is 4.79 Å². The van der Waals surface area contributed by atoms with Gasteiger partial charge in [-0.15, -0.1) is 0 Å². The number of rotatable bonds is 4. The molecule has 0 fully saturated rings. The Balaban J connectivity index is 1.51. The number of halogens is 2. The lowest BCUT2D eigenvalue weighted by atomic mass is 10.2. The summed E-state index contributed by atoms with van der Waals surface area (Å²) in [5, 5.41) is 3.30. The molecule has 0 saturated carbocycles. The molecule has 0 bridgehead atoms. The Hall–Kier alpha value is -2.25. The van der Waals surface area contributed by atoms with E-state index in [1.165, 1.54) is 0 Å². The van der Waals surface area contributed by atoms with Crippen molar-refractivity contribution in [2.75, 3.05) is 5.32 Å². The van der Waals surface area contributed by atoms with E-state index < -0.39 is 0 Å². The fraction of sp³-hybridized carbons (Fsp3) is 0.0556. The molecular weight excluding hydrogens is 450 g/mol. The van der Waals surface area contributed by atoms with Gasteiger partial charge in [-0.1, -0.05) is 15.9 Å². The molecule has 0 spiro atoms. The largest absolute Gasteiger partial charge is 0.459 e. The smallest absolute Gasteiger partial charge is 0.323 e. The molecule has 0 atom stereocenters. The molecule has 3 N–H and O–H groups in total. The highest BCUT2D eigenvalue weighted by molar-refractivity contribution is 9.11. The zero-order valence-corrected chi connectivity index (χ0v) is 16.1. The molecule has 4 aromatic rings. The molecule has 2 aromatic carbocycles. The van der Waals surface area contributed by atoms with Crippen molar-refractivity contribution in [2.24, 2.45) is 0 Å². The minimum atomic E-state index is -0.206. The Bertz CT molecular complexity index is 1110. The van der Waals surface area contributed by atoms with E-state index in [1.54, 1.807) is 0 Å². The molecule has 126 valence electrons. The number of nitrogens with one attached hydrogen (secondary N) is 3. The average molecular weight is 463 g/mol. The van der Waals surface area contributed by atoms with Gasteiger partial charge in [-0.05, 0) is 64.5 Å². The summed E-state index contributed by atoms with van der Waals surface area (Å²) in [6.45, 7) is 0.550. The zero-order chi connectivity index (χ0) is 17.4. The normalized spacial score (nSPS) is 11.1. The van der Waals surface area contributed by atoms with Crippen LogP contribution in [0.2, 0.25) is 0 Å². The maximum absolute atomic E-state index is 11.3. The maximum atomic E-state index is 11.3. The van der Waals surface area contributed by atoms with E-state index in [2.05, 4.69) is 47.1 Å². The highest BCUT2D eigenvalue weighted by Gasteiger charge is 2.09. The van der Waals surface area contributed by atoms with E-state index in [0.29, 0.717) is 6.54 Å². The Morgan fingerprint density at radius 2 is 1.80 bits per heavy atom. The zero-order valence-electron chi connectivity index (χ0n) is 12.9. The first-order valence-electron chi connectivity index (χ1n) is 7.58. The van der Waals surface area contributed by atoms with Gasteiger partial charge in [0.15, 0.2) is 0 Å². The van der Waals surface area contributed by atoms with Crippen LogP contribution in [0.1, 0.15) is 5.76 Å². The Kier molecular flexibility index (Phi) is 4.27. The van der Waals surface area contributed by atoms with Crippen molar-refractivity contribution in [2.45, 2.75) is 6.54 Å². The van der Waals surface area contributed by atoms with Crippen LogP contribution in [0.15, 0.2) is 66.7 Å². The molecule has 0 aliphatic heterocycles. The van der Waals surface area contributed by atoms with E-state index in [9.17, 15) is 4.79 Å². The predicted octanol–water partition coefficient (Wildman–Crippen LogP) is 5.25. The lowest BCUT2D eigenvalue weighted by Gasteiger charge is -2.05. The van der Waals surface area contributed by atoms with Crippen LogP contribution < -0.4 is 11.0 Å². The molecule has 0 aliphatic rings. The summed E-state index contributed by atoms with van der Waals surface area (Å²) >= 11 is 7.00. The summed E-state index contributed by atoms with van der Waals surface area (Å²) < 4.78 is 7.91. The van der Waals surface area contributed by atoms with Crippen molar-refractivity contribution < 1.29 is 4.42 Å². The maximum Gasteiger partial charge on any atom is 0.323 e. The van der Waals surface area contributed by atoms with Gasteiger partial charge in [0.1, 0.15) is 11.5 Å². The van der Waals surface area contributed by atoms with Crippen LogP contribution in [0.4, 0.5) is 5.69 Å². The number of fused-ring (bicyclic) bond motifs is 1. The Morgan fingerprint density at radius 1 is 0.960 bits per heavy atom. The first-order chi connectivity index (χ1) is 12.1. The summed E-state index contributed by atoms with van der Waals surface area (Å²) in [6, 6.07) is 15.5. The molecule has 0 saturated heterocycles. The van der Waals surface area contributed by atoms with Gasteiger partial charge >= 0.3 is 5.69 Å². The second kappa shape index (κ2) is 6.57. The predicted molar refractivity (Wildman–Crippen MR) is 106 cm³/mol. The summed E-state index contributed by atoms with van der Waals surface area (Å²) in [5.41, 5.74) is 3.26.